The van der Waals surface area contributed by atoms with Crippen LogP contribution >= 0.6 is 0 Å². The van der Waals surface area contributed by atoms with Crippen LogP contribution in [0.25, 0.3) is 27.9 Å². The van der Waals surface area contributed by atoms with Gasteiger partial charge in [0.25, 0.3) is 11.9 Å². The van der Waals surface area contributed by atoms with Gasteiger partial charge in [0.2, 0.25) is 0 Å². The first-order chi connectivity index (χ1) is 16.4. The average Bonchev–Trinajstić information content (AvgIpc) is 3.43. The molecule has 34 heavy (non-hydrogen) atoms. The Morgan fingerprint density at radius 1 is 1.18 bits per heavy atom. The SMILES string of the molecule is CC(=O)O.Cc1ncc2cnc3[nH]c(-c4cccc(C(=O)NCCN5CCOCC5)c4)cc3n12. The van der Waals surface area contributed by atoms with Gasteiger partial charge in [-0.1, -0.05) is 12.1 Å². The van der Waals surface area contributed by atoms with E-state index < -0.39 is 5.97 Å². The first kappa shape index (κ1) is 23.4. The molecule has 0 saturated carbocycles. The number of carboxylic acid groups (broad SMARTS) is 1. The zero-order valence-corrected chi connectivity index (χ0v) is 19.2. The number of rotatable bonds is 5. The van der Waals surface area contributed by atoms with Crippen molar-refractivity contribution in [1.29, 1.82) is 0 Å². The van der Waals surface area contributed by atoms with Gasteiger partial charge in [0.1, 0.15) is 5.82 Å². The number of fused-ring (bicyclic) bond motifs is 3. The van der Waals surface area contributed by atoms with Crippen molar-refractivity contribution in [3.63, 3.8) is 0 Å². The van der Waals surface area contributed by atoms with Crippen LogP contribution in [-0.2, 0) is 9.53 Å². The summed E-state index contributed by atoms with van der Waals surface area (Å²) in [5, 5.41) is 10.4. The number of hydrogen-bond donors (Lipinski definition) is 3. The third-order valence-electron chi connectivity index (χ3n) is 5.56. The third kappa shape index (κ3) is 5.41. The number of imidazole rings is 1. The summed E-state index contributed by atoms with van der Waals surface area (Å²) in [7, 11) is 0. The van der Waals surface area contributed by atoms with Crippen molar-refractivity contribution in [1.82, 2.24) is 29.6 Å². The number of nitrogens with one attached hydrogen (secondary N) is 2. The molecule has 0 bridgehead atoms. The molecule has 0 aliphatic carbocycles. The minimum atomic E-state index is -0.833. The maximum atomic E-state index is 12.6. The van der Waals surface area contributed by atoms with Gasteiger partial charge < -0.3 is 20.1 Å². The maximum absolute atomic E-state index is 12.6. The number of ether oxygens (including phenoxy) is 1. The highest BCUT2D eigenvalue weighted by molar-refractivity contribution is 5.95. The van der Waals surface area contributed by atoms with E-state index in [1.807, 2.05) is 37.4 Å². The van der Waals surface area contributed by atoms with Gasteiger partial charge in [0, 0.05) is 44.4 Å². The van der Waals surface area contributed by atoms with Crippen LogP contribution in [0, 0.1) is 6.92 Å². The number of amides is 1. The summed E-state index contributed by atoms with van der Waals surface area (Å²) in [6.45, 7) is 7.88. The maximum Gasteiger partial charge on any atom is 0.300 e. The zero-order chi connectivity index (χ0) is 24.1. The molecule has 0 atom stereocenters. The van der Waals surface area contributed by atoms with Gasteiger partial charge in [-0.3, -0.25) is 18.9 Å². The summed E-state index contributed by atoms with van der Waals surface area (Å²) in [6.07, 6.45) is 3.62. The molecule has 1 fully saturated rings. The van der Waals surface area contributed by atoms with Crippen molar-refractivity contribution >= 4 is 28.6 Å². The van der Waals surface area contributed by atoms with Crippen LogP contribution in [0.15, 0.2) is 42.7 Å². The number of nitrogens with zero attached hydrogens (tertiary/aromatic N) is 4. The van der Waals surface area contributed by atoms with Crippen molar-refractivity contribution in [2.45, 2.75) is 13.8 Å². The molecule has 0 radical (unpaired) electrons. The summed E-state index contributed by atoms with van der Waals surface area (Å²) in [4.78, 5) is 36.2. The van der Waals surface area contributed by atoms with Gasteiger partial charge in [-0.15, -0.1) is 0 Å². The second-order valence-corrected chi connectivity index (χ2v) is 8.05. The summed E-state index contributed by atoms with van der Waals surface area (Å²) in [6, 6.07) is 9.70. The summed E-state index contributed by atoms with van der Waals surface area (Å²) in [5.41, 5.74) is 5.22. The van der Waals surface area contributed by atoms with E-state index in [0.717, 1.165) is 73.5 Å². The molecule has 1 saturated heterocycles. The number of carbonyl (C=O) groups excluding carboxylic acids is 1. The number of morpholine rings is 1. The molecule has 1 aliphatic rings. The first-order valence-corrected chi connectivity index (χ1v) is 11.1. The highest BCUT2D eigenvalue weighted by Gasteiger charge is 2.13. The molecule has 178 valence electrons. The molecule has 3 aromatic heterocycles. The smallest absolute Gasteiger partial charge is 0.300 e. The topological polar surface area (TPSA) is 125 Å². The van der Waals surface area contributed by atoms with E-state index in [4.69, 9.17) is 14.6 Å². The molecule has 0 spiro atoms. The van der Waals surface area contributed by atoms with E-state index in [9.17, 15) is 4.79 Å². The van der Waals surface area contributed by atoms with Gasteiger partial charge in [-0.2, -0.15) is 0 Å². The Bertz CT molecular complexity index is 1300. The summed E-state index contributed by atoms with van der Waals surface area (Å²) >= 11 is 0. The lowest BCUT2D eigenvalue weighted by molar-refractivity contribution is -0.134. The van der Waals surface area contributed by atoms with E-state index in [1.54, 1.807) is 6.20 Å². The van der Waals surface area contributed by atoms with E-state index in [-0.39, 0.29) is 5.91 Å². The second kappa shape index (κ2) is 10.4. The number of aliphatic carboxylic acids is 1. The van der Waals surface area contributed by atoms with Gasteiger partial charge in [-0.05, 0) is 30.7 Å². The van der Waals surface area contributed by atoms with Crippen LogP contribution in [0.5, 0.6) is 0 Å². The van der Waals surface area contributed by atoms with Gasteiger partial charge in [0.05, 0.1) is 36.6 Å². The van der Waals surface area contributed by atoms with Gasteiger partial charge in [-0.25, -0.2) is 9.97 Å². The van der Waals surface area contributed by atoms with Crippen LogP contribution < -0.4 is 5.32 Å². The standard InChI is InChI=1S/C22H24N6O2.C2H4O2/c1-15-24-13-18-14-25-21-20(28(15)18)12-19(26-21)16-3-2-4-17(11-16)22(29)23-5-6-27-7-9-30-10-8-27;1-2(3)4/h2-4,11-14,26H,5-10H2,1H3,(H,23,29);1H3,(H,3,4). The molecule has 4 heterocycles. The fraction of sp³-hybridized carbons (Fsp3) is 0.333. The molecule has 1 aromatic carbocycles. The highest BCUT2D eigenvalue weighted by Crippen LogP contribution is 2.25. The summed E-state index contributed by atoms with van der Waals surface area (Å²) < 4.78 is 7.43. The lowest BCUT2D eigenvalue weighted by Gasteiger charge is -2.26. The van der Waals surface area contributed by atoms with Crippen molar-refractivity contribution in [2.75, 3.05) is 39.4 Å². The molecular weight excluding hydrogens is 436 g/mol. The largest absolute Gasteiger partial charge is 0.481 e. The number of benzene rings is 1. The fourth-order valence-electron chi connectivity index (χ4n) is 3.94. The lowest BCUT2D eigenvalue weighted by atomic mass is 10.1. The molecule has 4 aromatic rings. The van der Waals surface area contributed by atoms with Crippen molar-refractivity contribution in [3.05, 3.63) is 54.1 Å². The van der Waals surface area contributed by atoms with Crippen LogP contribution in [0.3, 0.4) is 0 Å². The Balaban J connectivity index is 0.000000636. The molecule has 1 amide bonds. The highest BCUT2D eigenvalue weighted by atomic mass is 16.5. The number of aromatic nitrogens is 4. The van der Waals surface area contributed by atoms with Crippen LogP contribution in [0.2, 0.25) is 0 Å². The Hall–Kier alpha value is -3.76. The van der Waals surface area contributed by atoms with E-state index in [1.165, 1.54) is 0 Å². The molecular formula is C24H28N6O4. The Labute approximate surface area is 196 Å². The number of hydrogen-bond acceptors (Lipinski definition) is 6. The quantitative estimate of drug-likeness (QED) is 0.414. The monoisotopic (exact) mass is 464 g/mol. The molecule has 10 nitrogen and oxygen atoms in total. The number of H-pyrrole nitrogens is 1. The van der Waals surface area contributed by atoms with Crippen molar-refractivity contribution < 1.29 is 19.4 Å². The van der Waals surface area contributed by atoms with Crippen LogP contribution in [0.4, 0.5) is 0 Å². The Morgan fingerprint density at radius 2 is 1.91 bits per heavy atom. The van der Waals surface area contributed by atoms with Crippen molar-refractivity contribution in [2.24, 2.45) is 0 Å². The first-order valence-electron chi connectivity index (χ1n) is 11.1. The van der Waals surface area contributed by atoms with Gasteiger partial charge >= 0.3 is 0 Å². The number of carbonyl (C=O) groups is 2. The lowest BCUT2D eigenvalue weighted by Crippen LogP contribution is -2.41. The predicted octanol–water partition coefficient (Wildman–Crippen LogP) is 2.34. The van der Waals surface area contributed by atoms with E-state index in [0.29, 0.717) is 12.1 Å². The van der Waals surface area contributed by atoms with Crippen LogP contribution in [-0.4, -0.2) is 80.6 Å². The van der Waals surface area contributed by atoms with E-state index in [2.05, 4.69) is 35.6 Å². The average molecular weight is 465 g/mol. The molecule has 3 N–H and O–H groups in total. The molecule has 0 unspecified atom stereocenters. The van der Waals surface area contributed by atoms with Crippen molar-refractivity contribution in [3.8, 4) is 11.3 Å². The Morgan fingerprint density at radius 3 is 2.68 bits per heavy atom. The normalized spacial score (nSPS) is 14.1. The number of carboxylic acids is 1. The fourth-order valence-corrected chi connectivity index (χ4v) is 3.94. The minimum Gasteiger partial charge on any atom is -0.481 e. The number of aromatic amines is 1. The Kier molecular flexibility index (Phi) is 7.19. The third-order valence-corrected chi connectivity index (χ3v) is 5.56. The molecule has 5 rings (SSSR count). The zero-order valence-electron chi connectivity index (χ0n) is 19.2. The molecule has 1 aliphatic heterocycles. The summed E-state index contributed by atoms with van der Waals surface area (Å²) in [5.74, 6) is 0.0172. The molecule has 10 heteroatoms. The second-order valence-electron chi connectivity index (χ2n) is 8.05. The van der Waals surface area contributed by atoms with E-state index >= 15 is 0 Å². The van der Waals surface area contributed by atoms with Gasteiger partial charge in [0.15, 0.2) is 5.65 Å². The van der Waals surface area contributed by atoms with Crippen LogP contribution in [0.1, 0.15) is 23.1 Å². The number of aryl methyl sites for hydroxylation is 1. The predicted molar refractivity (Wildman–Crippen MR) is 128 cm³/mol. The minimum absolute atomic E-state index is 0.0628.